The summed E-state index contributed by atoms with van der Waals surface area (Å²) >= 11 is 11.8. The lowest BCUT2D eigenvalue weighted by Crippen LogP contribution is -2.42. The van der Waals surface area contributed by atoms with E-state index in [0.717, 1.165) is 5.56 Å². The highest BCUT2D eigenvalue weighted by Gasteiger charge is 2.28. The fourth-order valence-corrected chi connectivity index (χ4v) is 3.32. The first-order valence-electron chi connectivity index (χ1n) is 8.54. The van der Waals surface area contributed by atoms with Gasteiger partial charge in [-0.15, -0.1) is 0 Å². The molecule has 1 N–H and O–H groups in total. The molecule has 1 saturated heterocycles. The van der Waals surface area contributed by atoms with E-state index in [9.17, 15) is 9.59 Å². The van der Waals surface area contributed by atoms with E-state index in [1.165, 1.54) is 24.9 Å². The molecule has 0 radical (unpaired) electrons. The number of aromatic nitrogens is 2. The number of halogens is 2. The third-order valence-corrected chi connectivity index (χ3v) is 4.65. The van der Waals surface area contributed by atoms with Crippen LogP contribution >= 0.6 is 23.2 Å². The van der Waals surface area contributed by atoms with Gasteiger partial charge < -0.3 is 15.0 Å². The monoisotopic (exact) mass is 420 g/mol. The largest absolute Gasteiger partial charge is 0.377 e. The molecule has 3 rings (SSSR count). The fourth-order valence-electron chi connectivity index (χ4n) is 2.99. The molecule has 9 heteroatoms. The van der Waals surface area contributed by atoms with Crippen LogP contribution in [0.4, 0.5) is 0 Å². The molecule has 1 unspecified atom stereocenters. The number of hydrogen-bond donors (Lipinski definition) is 1. The van der Waals surface area contributed by atoms with Crippen molar-refractivity contribution in [2.24, 2.45) is 0 Å². The number of hydrogen-bond acceptors (Lipinski definition) is 5. The molecular weight excluding hydrogens is 403 g/mol. The average molecular weight is 421 g/mol. The second-order valence-corrected chi connectivity index (χ2v) is 6.67. The summed E-state index contributed by atoms with van der Waals surface area (Å²) in [7, 11) is 1.54. The minimum atomic E-state index is -0.325. The van der Waals surface area contributed by atoms with Gasteiger partial charge in [0.2, 0.25) is 5.91 Å². The zero-order chi connectivity index (χ0) is 20.1. The number of ether oxygens (including phenoxy) is 1. The first kappa shape index (κ1) is 20.3. The van der Waals surface area contributed by atoms with Crippen LogP contribution in [0.5, 0.6) is 0 Å². The normalized spacial score (nSPS) is 17.0. The summed E-state index contributed by atoms with van der Waals surface area (Å²) in [5, 5.41) is 2.81. The highest BCUT2D eigenvalue weighted by molar-refractivity contribution is 6.29. The molecule has 2 amide bonds. The van der Waals surface area contributed by atoms with E-state index in [1.807, 2.05) is 6.07 Å². The molecule has 2 aromatic rings. The molecule has 0 bridgehead atoms. The summed E-state index contributed by atoms with van der Waals surface area (Å²) < 4.78 is 5.57. The van der Waals surface area contributed by atoms with Crippen molar-refractivity contribution in [3.63, 3.8) is 0 Å². The van der Waals surface area contributed by atoms with E-state index in [0.29, 0.717) is 31.0 Å². The highest BCUT2D eigenvalue weighted by atomic mass is 35.5. The lowest BCUT2D eigenvalue weighted by Gasteiger charge is -2.35. The van der Waals surface area contributed by atoms with Gasteiger partial charge in [0.25, 0.3) is 5.91 Å². The molecule has 28 heavy (non-hydrogen) atoms. The topological polar surface area (TPSA) is 84.4 Å². The Kier molecular flexibility index (Phi) is 6.61. The van der Waals surface area contributed by atoms with Crippen LogP contribution < -0.4 is 5.32 Å². The quantitative estimate of drug-likeness (QED) is 0.606. The van der Waals surface area contributed by atoms with Crippen LogP contribution in [-0.4, -0.2) is 53.5 Å². The Hall–Kier alpha value is -2.48. The third kappa shape index (κ3) is 4.49. The maximum atomic E-state index is 12.4. The molecule has 3 heterocycles. The first-order valence-corrected chi connectivity index (χ1v) is 9.36. The van der Waals surface area contributed by atoms with E-state index in [2.05, 4.69) is 15.3 Å². The van der Waals surface area contributed by atoms with Crippen LogP contribution in [0.15, 0.2) is 42.1 Å². The Bertz CT molecular complexity index is 920. The zero-order valence-corrected chi connectivity index (χ0v) is 16.6. The van der Waals surface area contributed by atoms with Crippen LogP contribution in [0.2, 0.25) is 5.15 Å². The van der Waals surface area contributed by atoms with Crippen molar-refractivity contribution in [3.05, 3.63) is 58.5 Å². The Morgan fingerprint density at radius 2 is 2.18 bits per heavy atom. The van der Waals surface area contributed by atoms with E-state index >= 15 is 0 Å². The zero-order valence-electron chi connectivity index (χ0n) is 15.1. The molecule has 1 aliphatic heterocycles. The van der Waals surface area contributed by atoms with Gasteiger partial charge in [0.05, 0.1) is 24.9 Å². The Labute approximate surface area is 172 Å². The Balaban J connectivity index is 1.99. The lowest BCUT2D eigenvalue weighted by atomic mass is 10.0. The second kappa shape index (κ2) is 9.14. The fraction of sp³-hybridized carbons (Fsp3) is 0.263. The van der Waals surface area contributed by atoms with Crippen molar-refractivity contribution in [1.82, 2.24) is 20.2 Å². The molecule has 146 valence electrons. The van der Waals surface area contributed by atoms with Crippen LogP contribution in [0.1, 0.15) is 22.1 Å². The van der Waals surface area contributed by atoms with Gasteiger partial charge >= 0.3 is 0 Å². The number of nitrogens with one attached hydrogen (secondary N) is 1. The van der Waals surface area contributed by atoms with Gasteiger partial charge in [-0.2, -0.15) is 0 Å². The number of carbonyl (C=O) groups excluding carboxylic acids is 2. The maximum Gasteiger partial charge on any atom is 0.269 e. The molecule has 0 saturated carbocycles. The Morgan fingerprint density at radius 3 is 2.93 bits per heavy atom. The lowest BCUT2D eigenvalue weighted by molar-refractivity contribution is -0.134. The summed E-state index contributed by atoms with van der Waals surface area (Å²) in [6.07, 6.45) is 2.84. The maximum absolute atomic E-state index is 12.4. The third-order valence-electron chi connectivity index (χ3n) is 4.33. The highest BCUT2D eigenvalue weighted by Crippen LogP contribution is 2.30. The molecule has 0 aromatic carbocycles. The number of pyridine rings is 2. The minimum Gasteiger partial charge on any atom is -0.377 e. The van der Waals surface area contributed by atoms with Crippen molar-refractivity contribution in [3.8, 4) is 11.3 Å². The predicted octanol–water partition coefficient (Wildman–Crippen LogP) is 2.81. The summed E-state index contributed by atoms with van der Waals surface area (Å²) in [5.41, 5.74) is 3.50. The van der Waals surface area contributed by atoms with Gasteiger partial charge in [-0.3, -0.25) is 14.6 Å². The molecule has 2 aromatic heterocycles. The first-order chi connectivity index (χ1) is 13.5. The van der Waals surface area contributed by atoms with Crippen molar-refractivity contribution in [2.75, 3.05) is 26.8 Å². The van der Waals surface area contributed by atoms with Gasteiger partial charge in [-0.05, 0) is 29.8 Å². The molecule has 7 nitrogen and oxygen atoms in total. The van der Waals surface area contributed by atoms with E-state index in [1.54, 1.807) is 23.1 Å². The average Bonchev–Trinajstić information content (AvgIpc) is 2.73. The predicted molar refractivity (Wildman–Crippen MR) is 106 cm³/mol. The van der Waals surface area contributed by atoms with Gasteiger partial charge in [0, 0.05) is 37.0 Å². The van der Waals surface area contributed by atoms with Gasteiger partial charge in [0.15, 0.2) is 0 Å². The number of rotatable bonds is 4. The molecule has 1 atom stereocenters. The van der Waals surface area contributed by atoms with Crippen molar-refractivity contribution in [2.45, 2.75) is 6.04 Å². The summed E-state index contributed by atoms with van der Waals surface area (Å²) in [4.78, 5) is 34.3. The summed E-state index contributed by atoms with van der Waals surface area (Å²) in [6, 6.07) is 6.59. The van der Waals surface area contributed by atoms with Crippen molar-refractivity contribution < 1.29 is 14.3 Å². The van der Waals surface area contributed by atoms with E-state index in [4.69, 9.17) is 27.9 Å². The number of nitrogens with zero attached hydrogens (tertiary/aromatic N) is 3. The van der Waals surface area contributed by atoms with Crippen LogP contribution in [0, 0.1) is 0 Å². The van der Waals surface area contributed by atoms with E-state index in [-0.39, 0.29) is 28.7 Å². The molecule has 0 spiro atoms. The summed E-state index contributed by atoms with van der Waals surface area (Å²) in [6.45, 7) is 1.22. The molecule has 1 aliphatic rings. The van der Waals surface area contributed by atoms with Gasteiger partial charge in [0.1, 0.15) is 10.8 Å². The molecular formula is C19H18Cl2N4O3. The minimum absolute atomic E-state index is 0.205. The van der Waals surface area contributed by atoms with Crippen LogP contribution in [-0.2, 0) is 9.53 Å². The van der Waals surface area contributed by atoms with Gasteiger partial charge in [-0.1, -0.05) is 23.2 Å². The SMILES string of the molecule is CNC(=O)c1cc(-c2cc(C3COCCN3C(=O)/C=C\Cl)cc(Cl)n2)ccn1. The number of morpholine rings is 1. The molecule has 1 fully saturated rings. The Morgan fingerprint density at radius 1 is 1.36 bits per heavy atom. The van der Waals surface area contributed by atoms with E-state index < -0.39 is 0 Å². The molecule has 0 aliphatic carbocycles. The number of carbonyl (C=O) groups is 2. The van der Waals surface area contributed by atoms with Crippen molar-refractivity contribution >= 4 is 35.0 Å². The standard InChI is InChI=1S/C19H18Cl2N4O3/c1-22-19(27)15-8-12(3-5-23-15)14-9-13(10-17(21)24-14)16-11-28-7-6-25(16)18(26)2-4-20/h2-5,8-10,16H,6-7,11H2,1H3,(H,22,27)/b4-2-. The smallest absolute Gasteiger partial charge is 0.269 e. The summed E-state index contributed by atoms with van der Waals surface area (Å²) in [5.74, 6) is -0.502. The second-order valence-electron chi connectivity index (χ2n) is 6.03. The number of amides is 2. The van der Waals surface area contributed by atoms with Crippen LogP contribution in [0.25, 0.3) is 11.3 Å². The van der Waals surface area contributed by atoms with Gasteiger partial charge in [-0.25, -0.2) is 4.98 Å². The van der Waals surface area contributed by atoms with Crippen LogP contribution in [0.3, 0.4) is 0 Å². The van der Waals surface area contributed by atoms with Crippen molar-refractivity contribution in [1.29, 1.82) is 0 Å².